The van der Waals surface area contributed by atoms with Gasteiger partial charge in [-0.05, 0) is 58.7 Å². The maximum Gasteiger partial charge on any atom is 0.254 e. The molecular formula is C26H34N4O6. The number of carbonyl (C=O) groups is 4. The Balaban J connectivity index is 1.46. The predicted molar refractivity (Wildman–Crippen MR) is 132 cm³/mol. The van der Waals surface area contributed by atoms with Gasteiger partial charge in [0.2, 0.25) is 17.7 Å². The van der Waals surface area contributed by atoms with Crippen molar-refractivity contribution in [2.75, 3.05) is 32.8 Å². The van der Waals surface area contributed by atoms with E-state index >= 15 is 0 Å². The number of amides is 4. The van der Waals surface area contributed by atoms with E-state index in [0.29, 0.717) is 56.4 Å². The molecule has 0 spiro atoms. The zero-order valence-corrected chi connectivity index (χ0v) is 21.4. The second-order valence-electron chi connectivity index (χ2n) is 9.74. The molecule has 0 saturated carbocycles. The Hall–Kier alpha value is -3.43. The number of rotatable bonds is 8. The van der Waals surface area contributed by atoms with E-state index in [1.807, 2.05) is 45.9 Å². The van der Waals surface area contributed by atoms with Crippen LogP contribution in [-0.4, -0.2) is 83.0 Å². The third kappa shape index (κ3) is 4.81. The van der Waals surface area contributed by atoms with E-state index in [4.69, 9.17) is 14.6 Å². The lowest BCUT2D eigenvalue weighted by Gasteiger charge is -2.36. The lowest BCUT2D eigenvalue weighted by molar-refractivity contribution is -0.147. The summed E-state index contributed by atoms with van der Waals surface area (Å²) in [4.78, 5) is 52.5. The van der Waals surface area contributed by atoms with Gasteiger partial charge in [0.15, 0.2) is 11.5 Å². The molecule has 36 heavy (non-hydrogen) atoms. The van der Waals surface area contributed by atoms with Crippen molar-refractivity contribution in [3.63, 3.8) is 0 Å². The van der Waals surface area contributed by atoms with Crippen molar-refractivity contribution in [2.24, 2.45) is 10.5 Å². The number of hydrogen-bond acceptors (Lipinski definition) is 7. The minimum Gasteiger partial charge on any atom is -0.490 e. The van der Waals surface area contributed by atoms with Gasteiger partial charge >= 0.3 is 0 Å². The van der Waals surface area contributed by atoms with Crippen LogP contribution in [0.25, 0.3) is 0 Å². The van der Waals surface area contributed by atoms with Gasteiger partial charge in [-0.15, -0.1) is 0 Å². The SMILES string of the molecule is CCOc1ccc(C2=NN(C3CCN(C(=O)CN4C(=O)CCC4=O)CC3)C(=O)C2(C)C)cc1OCC. The molecule has 0 N–H and O–H groups in total. The minimum absolute atomic E-state index is 0.0811. The van der Waals surface area contributed by atoms with Gasteiger partial charge in [0.1, 0.15) is 6.54 Å². The average molecular weight is 499 g/mol. The summed E-state index contributed by atoms with van der Waals surface area (Å²) < 4.78 is 11.4. The Bertz CT molecular complexity index is 1070. The molecule has 2 saturated heterocycles. The molecule has 1 aromatic rings. The molecule has 3 aliphatic rings. The highest BCUT2D eigenvalue weighted by Crippen LogP contribution is 2.37. The fraction of sp³-hybridized carbons (Fsp3) is 0.577. The Kier molecular flexibility index (Phi) is 7.33. The molecule has 0 unspecified atom stereocenters. The lowest BCUT2D eigenvalue weighted by atomic mass is 9.83. The predicted octanol–water partition coefficient (Wildman–Crippen LogP) is 2.20. The van der Waals surface area contributed by atoms with Gasteiger partial charge < -0.3 is 14.4 Å². The number of carbonyl (C=O) groups excluding carboxylic acids is 4. The van der Waals surface area contributed by atoms with Gasteiger partial charge in [0, 0.05) is 31.5 Å². The summed E-state index contributed by atoms with van der Waals surface area (Å²) in [6.45, 7) is 9.23. The first kappa shape index (κ1) is 25.7. The lowest BCUT2D eigenvalue weighted by Crippen LogP contribution is -2.50. The van der Waals surface area contributed by atoms with Gasteiger partial charge in [0.25, 0.3) is 5.91 Å². The number of likely N-dealkylation sites (tertiary alicyclic amines) is 2. The summed E-state index contributed by atoms with van der Waals surface area (Å²) in [6.07, 6.45) is 1.48. The van der Waals surface area contributed by atoms with Crippen molar-refractivity contribution in [1.29, 1.82) is 0 Å². The van der Waals surface area contributed by atoms with E-state index in [9.17, 15) is 19.2 Å². The molecular weight excluding hydrogens is 464 g/mol. The van der Waals surface area contributed by atoms with Gasteiger partial charge in [-0.1, -0.05) is 0 Å². The molecule has 0 radical (unpaired) electrons. The highest BCUT2D eigenvalue weighted by molar-refractivity contribution is 6.19. The van der Waals surface area contributed by atoms with E-state index in [1.54, 1.807) is 9.91 Å². The molecule has 4 amide bonds. The molecule has 2 fully saturated rings. The number of hydrazone groups is 1. The van der Waals surface area contributed by atoms with Crippen LogP contribution in [-0.2, 0) is 19.2 Å². The van der Waals surface area contributed by atoms with Crippen LogP contribution in [0, 0.1) is 5.41 Å². The third-order valence-corrected chi connectivity index (χ3v) is 6.97. The number of nitrogens with zero attached hydrogens (tertiary/aromatic N) is 4. The van der Waals surface area contributed by atoms with Crippen LogP contribution in [0.3, 0.4) is 0 Å². The summed E-state index contributed by atoms with van der Waals surface area (Å²) >= 11 is 0. The third-order valence-electron chi connectivity index (χ3n) is 6.97. The summed E-state index contributed by atoms with van der Waals surface area (Å²) in [7, 11) is 0. The van der Waals surface area contributed by atoms with E-state index in [-0.39, 0.29) is 49.1 Å². The highest BCUT2D eigenvalue weighted by Gasteiger charge is 2.47. The molecule has 10 heteroatoms. The Labute approximate surface area is 211 Å². The van der Waals surface area contributed by atoms with Crippen molar-refractivity contribution in [2.45, 2.75) is 59.4 Å². The smallest absolute Gasteiger partial charge is 0.254 e. The first-order valence-corrected chi connectivity index (χ1v) is 12.6. The first-order valence-electron chi connectivity index (χ1n) is 12.6. The molecule has 194 valence electrons. The molecule has 0 aliphatic carbocycles. The van der Waals surface area contributed by atoms with Crippen LogP contribution in [0.2, 0.25) is 0 Å². The summed E-state index contributed by atoms with van der Waals surface area (Å²) in [5.74, 6) is 0.350. The molecule has 10 nitrogen and oxygen atoms in total. The van der Waals surface area contributed by atoms with Crippen molar-refractivity contribution in [3.8, 4) is 11.5 Å². The fourth-order valence-electron chi connectivity index (χ4n) is 4.92. The van der Waals surface area contributed by atoms with E-state index < -0.39 is 5.41 Å². The molecule has 3 aliphatic heterocycles. The maximum atomic E-state index is 13.4. The van der Waals surface area contributed by atoms with E-state index in [2.05, 4.69) is 0 Å². The molecule has 4 rings (SSSR count). The standard InChI is InChI=1S/C26H34N4O6/c1-5-35-19-8-7-17(15-20(19)36-6-2)24-26(3,4)25(34)30(27-24)18-11-13-28(14-12-18)23(33)16-29-21(31)9-10-22(29)32/h7-8,15,18H,5-6,9-14,16H2,1-4H3. The second-order valence-corrected chi connectivity index (χ2v) is 9.74. The van der Waals surface area contributed by atoms with Crippen molar-refractivity contribution >= 4 is 29.3 Å². The molecule has 0 atom stereocenters. The zero-order chi connectivity index (χ0) is 26.0. The second kappa shape index (κ2) is 10.3. The average Bonchev–Trinajstić information content (AvgIpc) is 3.30. The summed E-state index contributed by atoms with van der Waals surface area (Å²) in [6, 6.07) is 5.47. The van der Waals surface area contributed by atoms with Crippen LogP contribution in [0.15, 0.2) is 23.3 Å². The van der Waals surface area contributed by atoms with Crippen LogP contribution in [0.1, 0.15) is 58.9 Å². The summed E-state index contributed by atoms with van der Waals surface area (Å²) in [5, 5.41) is 6.34. The molecule has 1 aromatic carbocycles. The molecule has 0 bridgehead atoms. The first-order chi connectivity index (χ1) is 17.2. The zero-order valence-electron chi connectivity index (χ0n) is 21.4. The van der Waals surface area contributed by atoms with Crippen molar-refractivity contribution in [1.82, 2.24) is 14.8 Å². The van der Waals surface area contributed by atoms with Crippen LogP contribution in [0.5, 0.6) is 11.5 Å². The maximum absolute atomic E-state index is 13.4. The highest BCUT2D eigenvalue weighted by atomic mass is 16.5. The van der Waals surface area contributed by atoms with Crippen LogP contribution >= 0.6 is 0 Å². The Morgan fingerprint density at radius 1 is 1.00 bits per heavy atom. The van der Waals surface area contributed by atoms with Gasteiger partial charge in [-0.3, -0.25) is 24.1 Å². The van der Waals surface area contributed by atoms with Gasteiger partial charge in [-0.25, -0.2) is 5.01 Å². The minimum atomic E-state index is -0.819. The van der Waals surface area contributed by atoms with Crippen LogP contribution < -0.4 is 9.47 Å². The van der Waals surface area contributed by atoms with Crippen molar-refractivity contribution < 1.29 is 28.7 Å². The van der Waals surface area contributed by atoms with Gasteiger partial charge in [0.05, 0.1) is 30.4 Å². The Morgan fingerprint density at radius 2 is 1.61 bits per heavy atom. The number of imide groups is 1. The fourth-order valence-corrected chi connectivity index (χ4v) is 4.92. The number of ether oxygens (including phenoxy) is 2. The monoisotopic (exact) mass is 498 g/mol. The van der Waals surface area contributed by atoms with Crippen molar-refractivity contribution in [3.05, 3.63) is 23.8 Å². The topological polar surface area (TPSA) is 109 Å². The number of benzene rings is 1. The Morgan fingerprint density at radius 3 is 2.22 bits per heavy atom. The normalized spacial score (nSPS) is 20.3. The molecule has 3 heterocycles. The van der Waals surface area contributed by atoms with E-state index in [0.717, 1.165) is 10.5 Å². The van der Waals surface area contributed by atoms with Gasteiger partial charge in [-0.2, -0.15) is 5.10 Å². The number of hydrogen-bond donors (Lipinski definition) is 0. The quantitative estimate of drug-likeness (QED) is 0.509. The molecule has 0 aromatic heterocycles. The van der Waals surface area contributed by atoms with E-state index in [1.165, 1.54) is 0 Å². The largest absolute Gasteiger partial charge is 0.490 e. The summed E-state index contributed by atoms with van der Waals surface area (Å²) in [5.41, 5.74) is 0.649. The number of piperidine rings is 1. The van der Waals surface area contributed by atoms with Crippen LogP contribution in [0.4, 0.5) is 0 Å².